The van der Waals surface area contributed by atoms with Crippen molar-refractivity contribution in [3.05, 3.63) is 28.8 Å². The number of hydrogen-bond donors (Lipinski definition) is 0. The molecule has 0 radical (unpaired) electrons. The van der Waals surface area contributed by atoms with Crippen LogP contribution in [0, 0.1) is 0 Å². The van der Waals surface area contributed by atoms with Gasteiger partial charge < -0.3 is 9.45 Å². The third-order valence-electron chi connectivity index (χ3n) is 2.50. The van der Waals surface area contributed by atoms with Crippen molar-refractivity contribution >= 4 is 28.6 Å². The Kier molecular flexibility index (Phi) is 3.28. The van der Waals surface area contributed by atoms with E-state index in [2.05, 4.69) is 0 Å². The van der Waals surface area contributed by atoms with Crippen molar-refractivity contribution in [1.29, 1.82) is 0 Å². The van der Waals surface area contributed by atoms with Gasteiger partial charge in [-0.2, -0.15) is 0 Å². The minimum Gasteiger partial charge on any atom is -0.768 e. The van der Waals surface area contributed by atoms with Gasteiger partial charge in [-0.3, -0.25) is 9.00 Å². The molecule has 86 valence electrons. The molecule has 4 nitrogen and oxygen atoms in total. The molecule has 0 bridgehead atoms. The number of halogens is 1. The van der Waals surface area contributed by atoms with Gasteiger partial charge in [-0.05, 0) is 35.7 Å². The third kappa shape index (κ3) is 2.11. The summed E-state index contributed by atoms with van der Waals surface area (Å²) in [6.45, 7) is 1.47. The quantitative estimate of drug-likeness (QED) is 0.754. The molecule has 1 amide bonds. The standard InChI is InChI=1S/C10H10ClNO3S/c11-8-3-2-7(6-9(8)16(14)15)10(13)12-4-1-5-12/h2-3,6H,1,4-5H2,(H,14,15)/p-1. The van der Waals surface area contributed by atoms with E-state index in [4.69, 9.17) is 11.6 Å². The van der Waals surface area contributed by atoms with Gasteiger partial charge in [0.15, 0.2) is 0 Å². The van der Waals surface area contributed by atoms with Crippen LogP contribution in [-0.2, 0) is 11.1 Å². The highest BCUT2D eigenvalue weighted by Gasteiger charge is 2.22. The Bertz CT molecular complexity index is 459. The molecule has 16 heavy (non-hydrogen) atoms. The van der Waals surface area contributed by atoms with Crippen LogP contribution < -0.4 is 0 Å². The molecule has 1 unspecified atom stereocenters. The maximum Gasteiger partial charge on any atom is 0.253 e. The SMILES string of the molecule is O=C(c1ccc(Cl)c(S(=O)[O-])c1)N1CCC1. The number of carbonyl (C=O) groups excluding carboxylic acids is 1. The van der Waals surface area contributed by atoms with Crippen molar-refractivity contribution in [3.63, 3.8) is 0 Å². The van der Waals surface area contributed by atoms with Crippen LogP contribution in [0.25, 0.3) is 0 Å². The van der Waals surface area contributed by atoms with Gasteiger partial charge in [0.25, 0.3) is 5.91 Å². The first kappa shape index (κ1) is 11.6. The predicted octanol–water partition coefficient (Wildman–Crippen LogP) is 1.42. The first-order valence-electron chi connectivity index (χ1n) is 4.77. The zero-order valence-electron chi connectivity index (χ0n) is 8.31. The molecule has 1 heterocycles. The summed E-state index contributed by atoms with van der Waals surface area (Å²) < 4.78 is 21.7. The molecule has 1 aromatic rings. The molecular formula is C10H9ClNO3S-. The third-order valence-corrected chi connectivity index (χ3v) is 3.64. The van der Waals surface area contributed by atoms with Crippen molar-refractivity contribution < 1.29 is 13.6 Å². The number of benzene rings is 1. The summed E-state index contributed by atoms with van der Waals surface area (Å²) in [6, 6.07) is 4.28. The maximum absolute atomic E-state index is 11.8. The van der Waals surface area contributed by atoms with Gasteiger partial charge in [-0.1, -0.05) is 11.6 Å². The van der Waals surface area contributed by atoms with Crippen LogP contribution >= 0.6 is 11.6 Å². The Morgan fingerprint density at radius 3 is 2.62 bits per heavy atom. The highest BCUT2D eigenvalue weighted by Crippen LogP contribution is 2.22. The molecule has 1 aliphatic rings. The molecule has 0 aromatic heterocycles. The van der Waals surface area contributed by atoms with Gasteiger partial charge in [0.1, 0.15) is 0 Å². The topological polar surface area (TPSA) is 60.4 Å². The lowest BCUT2D eigenvalue weighted by Gasteiger charge is -2.31. The van der Waals surface area contributed by atoms with Gasteiger partial charge in [-0.15, -0.1) is 0 Å². The second-order valence-electron chi connectivity index (χ2n) is 3.53. The molecule has 1 saturated heterocycles. The van der Waals surface area contributed by atoms with Crippen LogP contribution in [0.15, 0.2) is 23.1 Å². The van der Waals surface area contributed by atoms with Crippen molar-refractivity contribution in [2.45, 2.75) is 11.3 Å². The fraction of sp³-hybridized carbons (Fsp3) is 0.300. The molecule has 0 spiro atoms. The summed E-state index contributed by atoms with van der Waals surface area (Å²) in [5.41, 5.74) is 0.364. The largest absolute Gasteiger partial charge is 0.768 e. The van der Waals surface area contributed by atoms with Crippen LogP contribution in [0.4, 0.5) is 0 Å². The Morgan fingerprint density at radius 2 is 2.12 bits per heavy atom. The Labute approximate surface area is 100 Å². The fourth-order valence-corrected chi connectivity index (χ4v) is 2.22. The molecule has 0 aliphatic carbocycles. The zero-order chi connectivity index (χ0) is 11.7. The molecule has 0 saturated carbocycles. The summed E-state index contributed by atoms with van der Waals surface area (Å²) >= 11 is 3.29. The summed E-state index contributed by atoms with van der Waals surface area (Å²) in [7, 11) is 0. The van der Waals surface area contributed by atoms with Gasteiger partial charge >= 0.3 is 0 Å². The van der Waals surface area contributed by atoms with E-state index in [0.29, 0.717) is 5.56 Å². The highest BCUT2D eigenvalue weighted by atomic mass is 35.5. The summed E-state index contributed by atoms with van der Waals surface area (Å²) in [5.74, 6) is -0.144. The lowest BCUT2D eigenvalue weighted by atomic mass is 10.1. The fourth-order valence-electron chi connectivity index (χ4n) is 1.47. The van der Waals surface area contributed by atoms with Crippen LogP contribution in [0.2, 0.25) is 5.02 Å². The second-order valence-corrected chi connectivity index (χ2v) is 4.84. The van der Waals surface area contributed by atoms with Crippen molar-refractivity contribution in [2.24, 2.45) is 0 Å². The molecule has 1 fully saturated rings. The minimum atomic E-state index is -2.42. The summed E-state index contributed by atoms with van der Waals surface area (Å²) in [6.07, 6.45) is 1.000. The number of rotatable bonds is 2. The highest BCUT2D eigenvalue weighted by molar-refractivity contribution is 7.79. The average molecular weight is 259 g/mol. The Balaban J connectivity index is 2.31. The Hall–Kier alpha value is -0.910. The Morgan fingerprint density at radius 1 is 1.44 bits per heavy atom. The van der Waals surface area contributed by atoms with E-state index in [0.717, 1.165) is 19.5 Å². The lowest BCUT2D eigenvalue weighted by molar-refractivity contribution is 0.0651. The maximum atomic E-state index is 11.8. The smallest absolute Gasteiger partial charge is 0.253 e. The molecule has 0 N–H and O–H groups in total. The van der Waals surface area contributed by atoms with Gasteiger partial charge in [0.05, 0.1) is 5.02 Å². The van der Waals surface area contributed by atoms with Crippen LogP contribution in [0.1, 0.15) is 16.8 Å². The van der Waals surface area contributed by atoms with E-state index < -0.39 is 11.1 Å². The number of nitrogens with zero attached hydrogens (tertiary/aromatic N) is 1. The predicted molar refractivity (Wildman–Crippen MR) is 59.2 cm³/mol. The molecule has 6 heteroatoms. The van der Waals surface area contributed by atoms with E-state index >= 15 is 0 Å². The van der Waals surface area contributed by atoms with Gasteiger partial charge in [0.2, 0.25) is 0 Å². The van der Waals surface area contributed by atoms with Crippen LogP contribution in [0.5, 0.6) is 0 Å². The summed E-state index contributed by atoms with van der Waals surface area (Å²) in [5, 5.41) is 0.133. The minimum absolute atomic E-state index is 0.0342. The van der Waals surface area contributed by atoms with Crippen molar-refractivity contribution in [3.8, 4) is 0 Å². The van der Waals surface area contributed by atoms with Gasteiger partial charge in [-0.25, -0.2) is 0 Å². The van der Waals surface area contributed by atoms with Crippen LogP contribution in [-0.4, -0.2) is 32.7 Å². The zero-order valence-corrected chi connectivity index (χ0v) is 9.88. The lowest BCUT2D eigenvalue weighted by Crippen LogP contribution is -2.42. The number of likely N-dealkylation sites (tertiary alicyclic amines) is 1. The number of amides is 1. The van der Waals surface area contributed by atoms with E-state index in [1.807, 2.05) is 0 Å². The van der Waals surface area contributed by atoms with Crippen molar-refractivity contribution in [2.75, 3.05) is 13.1 Å². The molecule has 1 aliphatic heterocycles. The van der Waals surface area contributed by atoms with Crippen molar-refractivity contribution in [1.82, 2.24) is 4.90 Å². The van der Waals surface area contributed by atoms with Gasteiger partial charge in [0, 0.05) is 23.5 Å². The summed E-state index contributed by atoms with van der Waals surface area (Å²) in [4.78, 5) is 13.4. The molecule has 1 aromatic carbocycles. The number of hydrogen-bond acceptors (Lipinski definition) is 3. The van der Waals surface area contributed by atoms with E-state index in [-0.39, 0.29) is 15.8 Å². The van der Waals surface area contributed by atoms with Crippen LogP contribution in [0.3, 0.4) is 0 Å². The molecule has 2 rings (SSSR count). The average Bonchev–Trinajstić information content (AvgIpc) is 2.15. The molecular weight excluding hydrogens is 250 g/mol. The first-order chi connectivity index (χ1) is 7.59. The van der Waals surface area contributed by atoms with E-state index in [1.54, 1.807) is 11.0 Å². The second kappa shape index (κ2) is 4.53. The number of carbonyl (C=O) groups is 1. The van der Waals surface area contributed by atoms with E-state index in [1.165, 1.54) is 12.1 Å². The normalized spacial score (nSPS) is 16.8. The van der Waals surface area contributed by atoms with E-state index in [9.17, 15) is 13.6 Å². The molecule has 1 atom stereocenters. The first-order valence-corrected chi connectivity index (χ1v) is 6.23. The monoisotopic (exact) mass is 258 g/mol.